The van der Waals surface area contributed by atoms with E-state index in [4.69, 9.17) is 4.74 Å². The second-order valence-electron chi connectivity index (χ2n) is 4.58. The molecule has 0 spiro atoms. The molecule has 1 N–H and O–H groups in total. The molecule has 3 nitrogen and oxygen atoms in total. The molecule has 0 heterocycles. The van der Waals surface area contributed by atoms with Crippen LogP contribution in [0, 0.1) is 5.92 Å². The minimum absolute atomic E-state index is 0.808. The molecule has 0 saturated carbocycles. The van der Waals surface area contributed by atoms with Crippen molar-refractivity contribution in [1.29, 1.82) is 0 Å². The van der Waals surface area contributed by atoms with E-state index in [2.05, 4.69) is 31.1 Å². The quantitative estimate of drug-likeness (QED) is 0.561. The Morgan fingerprint density at radius 1 is 1.20 bits per heavy atom. The van der Waals surface area contributed by atoms with Crippen LogP contribution in [0.3, 0.4) is 0 Å². The average Bonchev–Trinajstić information content (AvgIpc) is 2.20. The highest BCUT2D eigenvalue weighted by Crippen LogP contribution is 1.99. The zero-order valence-corrected chi connectivity index (χ0v) is 10.9. The number of methoxy groups -OCH3 is 1. The summed E-state index contributed by atoms with van der Waals surface area (Å²) in [6, 6.07) is 0. The lowest BCUT2D eigenvalue weighted by Gasteiger charge is -2.17. The van der Waals surface area contributed by atoms with Gasteiger partial charge in [0.15, 0.2) is 0 Å². The third-order valence-electron chi connectivity index (χ3n) is 2.46. The van der Waals surface area contributed by atoms with Gasteiger partial charge in [-0.3, -0.25) is 0 Å². The summed E-state index contributed by atoms with van der Waals surface area (Å²) in [6.07, 6.45) is 2.40. The van der Waals surface area contributed by atoms with Crippen LogP contribution in [0.5, 0.6) is 0 Å². The van der Waals surface area contributed by atoms with Gasteiger partial charge in [-0.15, -0.1) is 0 Å². The monoisotopic (exact) mass is 216 g/mol. The standard InChI is InChI=1S/C12H28N2O/c1-12(2)6-9-14(3)10-8-13-7-5-11-15-4/h12-13H,5-11H2,1-4H3. The third kappa shape index (κ3) is 11.8. The first-order chi connectivity index (χ1) is 7.16. The number of hydrogen-bond donors (Lipinski definition) is 1. The maximum atomic E-state index is 4.98. The lowest BCUT2D eigenvalue weighted by atomic mass is 10.1. The number of nitrogens with zero attached hydrogens (tertiary/aromatic N) is 1. The lowest BCUT2D eigenvalue weighted by Crippen LogP contribution is -2.31. The minimum atomic E-state index is 0.808. The van der Waals surface area contributed by atoms with Gasteiger partial charge in [-0.1, -0.05) is 13.8 Å². The van der Waals surface area contributed by atoms with Crippen LogP contribution < -0.4 is 5.32 Å². The van der Waals surface area contributed by atoms with Crippen LogP contribution in [-0.2, 0) is 4.74 Å². The van der Waals surface area contributed by atoms with E-state index < -0.39 is 0 Å². The summed E-state index contributed by atoms with van der Waals surface area (Å²) in [5.74, 6) is 0.808. The first kappa shape index (κ1) is 14.9. The van der Waals surface area contributed by atoms with Gasteiger partial charge in [0.05, 0.1) is 0 Å². The Morgan fingerprint density at radius 2 is 1.93 bits per heavy atom. The molecule has 15 heavy (non-hydrogen) atoms. The SMILES string of the molecule is COCCCNCCN(C)CCC(C)C. The number of hydrogen-bond acceptors (Lipinski definition) is 3. The van der Waals surface area contributed by atoms with Crippen molar-refractivity contribution >= 4 is 0 Å². The summed E-state index contributed by atoms with van der Waals surface area (Å²) in [5.41, 5.74) is 0. The molecule has 0 amide bonds. The molecular weight excluding hydrogens is 188 g/mol. The molecule has 0 unspecified atom stereocenters. The van der Waals surface area contributed by atoms with E-state index in [-0.39, 0.29) is 0 Å². The van der Waals surface area contributed by atoms with Gasteiger partial charge in [-0.2, -0.15) is 0 Å². The van der Waals surface area contributed by atoms with Crippen LogP contribution in [0.25, 0.3) is 0 Å². The fourth-order valence-corrected chi connectivity index (χ4v) is 1.33. The highest BCUT2D eigenvalue weighted by Gasteiger charge is 1.99. The molecule has 0 aliphatic heterocycles. The largest absolute Gasteiger partial charge is 0.385 e. The van der Waals surface area contributed by atoms with E-state index in [1.807, 2.05) is 0 Å². The molecule has 0 aliphatic carbocycles. The van der Waals surface area contributed by atoms with E-state index in [9.17, 15) is 0 Å². The molecule has 92 valence electrons. The minimum Gasteiger partial charge on any atom is -0.385 e. The molecule has 0 aromatic carbocycles. The van der Waals surface area contributed by atoms with Crippen molar-refractivity contribution in [2.75, 3.05) is 46.9 Å². The maximum absolute atomic E-state index is 4.98. The summed E-state index contributed by atoms with van der Waals surface area (Å²) in [6.45, 7) is 9.89. The van der Waals surface area contributed by atoms with Gasteiger partial charge < -0.3 is 15.0 Å². The van der Waals surface area contributed by atoms with Crippen molar-refractivity contribution in [2.45, 2.75) is 26.7 Å². The lowest BCUT2D eigenvalue weighted by molar-refractivity contribution is 0.194. The molecule has 0 fully saturated rings. The highest BCUT2D eigenvalue weighted by molar-refractivity contribution is 4.56. The predicted molar refractivity (Wildman–Crippen MR) is 66.3 cm³/mol. The zero-order valence-electron chi connectivity index (χ0n) is 10.9. The molecule has 0 radical (unpaired) electrons. The van der Waals surface area contributed by atoms with Gasteiger partial charge in [0.1, 0.15) is 0 Å². The maximum Gasteiger partial charge on any atom is 0.0474 e. The van der Waals surface area contributed by atoms with Gasteiger partial charge in [0, 0.05) is 26.8 Å². The first-order valence-electron chi connectivity index (χ1n) is 6.05. The Kier molecular flexibility index (Phi) is 10.3. The molecule has 3 heteroatoms. The fourth-order valence-electron chi connectivity index (χ4n) is 1.33. The predicted octanol–water partition coefficient (Wildman–Crippen LogP) is 1.59. The third-order valence-corrected chi connectivity index (χ3v) is 2.46. The van der Waals surface area contributed by atoms with E-state index in [0.717, 1.165) is 38.6 Å². The Balaban J connectivity index is 3.13. The number of ether oxygens (including phenoxy) is 1. The topological polar surface area (TPSA) is 24.5 Å². The molecule has 0 aromatic rings. The van der Waals surface area contributed by atoms with Gasteiger partial charge >= 0.3 is 0 Å². The number of rotatable bonds is 10. The van der Waals surface area contributed by atoms with E-state index in [1.54, 1.807) is 7.11 Å². The highest BCUT2D eigenvalue weighted by atomic mass is 16.5. The van der Waals surface area contributed by atoms with Crippen LogP contribution >= 0.6 is 0 Å². The zero-order chi connectivity index (χ0) is 11.5. The molecule has 0 rings (SSSR count). The van der Waals surface area contributed by atoms with Crippen LogP contribution in [-0.4, -0.2) is 51.8 Å². The van der Waals surface area contributed by atoms with Gasteiger partial charge in [-0.25, -0.2) is 0 Å². The molecule has 0 aromatic heterocycles. The summed E-state index contributed by atoms with van der Waals surface area (Å²) in [5, 5.41) is 3.42. The van der Waals surface area contributed by atoms with Crippen LogP contribution in [0.4, 0.5) is 0 Å². The van der Waals surface area contributed by atoms with Gasteiger partial charge in [0.2, 0.25) is 0 Å². The van der Waals surface area contributed by atoms with Gasteiger partial charge in [-0.05, 0) is 38.9 Å². The second kappa shape index (κ2) is 10.4. The van der Waals surface area contributed by atoms with Gasteiger partial charge in [0.25, 0.3) is 0 Å². The Labute approximate surface area is 95.2 Å². The Bertz CT molecular complexity index is 129. The summed E-state index contributed by atoms with van der Waals surface area (Å²) in [7, 11) is 3.94. The fraction of sp³-hybridized carbons (Fsp3) is 1.00. The Hall–Kier alpha value is -0.120. The van der Waals surface area contributed by atoms with E-state index >= 15 is 0 Å². The molecule has 0 aliphatic rings. The van der Waals surface area contributed by atoms with Crippen LogP contribution in [0.1, 0.15) is 26.7 Å². The smallest absolute Gasteiger partial charge is 0.0474 e. The van der Waals surface area contributed by atoms with E-state index in [1.165, 1.54) is 13.0 Å². The van der Waals surface area contributed by atoms with Crippen molar-refractivity contribution in [2.24, 2.45) is 5.92 Å². The average molecular weight is 216 g/mol. The summed E-state index contributed by atoms with van der Waals surface area (Å²) in [4.78, 5) is 2.39. The number of likely N-dealkylation sites (N-methyl/N-ethyl adjacent to an activating group) is 1. The van der Waals surface area contributed by atoms with E-state index in [0.29, 0.717) is 0 Å². The van der Waals surface area contributed by atoms with Crippen molar-refractivity contribution in [3.63, 3.8) is 0 Å². The summed E-state index contributed by atoms with van der Waals surface area (Å²) < 4.78 is 4.98. The normalized spacial score (nSPS) is 11.6. The van der Waals surface area contributed by atoms with Crippen molar-refractivity contribution < 1.29 is 4.74 Å². The van der Waals surface area contributed by atoms with Crippen molar-refractivity contribution in [3.8, 4) is 0 Å². The second-order valence-corrected chi connectivity index (χ2v) is 4.58. The first-order valence-corrected chi connectivity index (χ1v) is 6.05. The molecule has 0 bridgehead atoms. The molecule has 0 atom stereocenters. The van der Waals surface area contributed by atoms with Crippen LogP contribution in [0.2, 0.25) is 0 Å². The molecular formula is C12H28N2O. The van der Waals surface area contributed by atoms with Crippen molar-refractivity contribution in [3.05, 3.63) is 0 Å². The summed E-state index contributed by atoms with van der Waals surface area (Å²) >= 11 is 0. The number of nitrogens with one attached hydrogen (secondary N) is 1. The van der Waals surface area contributed by atoms with Crippen LogP contribution in [0.15, 0.2) is 0 Å². The molecule has 0 saturated heterocycles. The Morgan fingerprint density at radius 3 is 2.53 bits per heavy atom. The van der Waals surface area contributed by atoms with Crippen molar-refractivity contribution in [1.82, 2.24) is 10.2 Å².